The molecule has 4 fully saturated rings. The fraction of sp³-hybridized carbons (Fsp3) is 0.594. The second-order valence-corrected chi connectivity index (χ2v) is 15.4. The number of nitrogens with zero attached hydrogens (tertiary/aromatic N) is 7. The molecule has 2 aromatic heterocycles. The molecule has 7 rings (SSSR count). The molecular formula is C32H44Cl2N16O4. The van der Waals surface area contributed by atoms with Gasteiger partial charge >= 0.3 is 0 Å². The quantitative estimate of drug-likeness (QED) is 0.176. The Balaban J connectivity index is 0.821. The van der Waals surface area contributed by atoms with Crippen LogP contribution in [0.3, 0.4) is 0 Å². The Kier molecular flexibility index (Phi) is 10.3. The number of guanidine groups is 1. The van der Waals surface area contributed by atoms with Gasteiger partial charge in [-0.3, -0.25) is 40.1 Å². The van der Waals surface area contributed by atoms with E-state index in [2.05, 4.69) is 51.5 Å². The smallest absolute Gasteiger partial charge is 0.280 e. The van der Waals surface area contributed by atoms with Gasteiger partial charge in [-0.2, -0.15) is 0 Å². The number of nitrogen functional groups attached to an aromatic ring is 4. The summed E-state index contributed by atoms with van der Waals surface area (Å²) in [5.74, 6) is -1.17. The van der Waals surface area contributed by atoms with Crippen LogP contribution < -0.4 is 49.5 Å². The van der Waals surface area contributed by atoms with E-state index in [-0.39, 0.29) is 79.7 Å². The van der Waals surface area contributed by atoms with Crippen LogP contribution in [0.5, 0.6) is 0 Å². The van der Waals surface area contributed by atoms with Crippen molar-refractivity contribution in [3.63, 3.8) is 0 Å². The normalized spacial score (nSPS) is 24.6. The number of nitrogens with one attached hydrogen (secondary N) is 5. The minimum Gasteiger partial charge on any atom is -0.382 e. The van der Waals surface area contributed by atoms with Crippen molar-refractivity contribution in [3.8, 4) is 0 Å². The third kappa shape index (κ3) is 7.59. The molecule has 0 aromatic carbocycles. The van der Waals surface area contributed by atoms with Gasteiger partial charge < -0.3 is 43.4 Å². The summed E-state index contributed by atoms with van der Waals surface area (Å²) in [5, 5.41) is 15.3. The molecule has 4 amide bonds. The van der Waals surface area contributed by atoms with E-state index in [9.17, 15) is 19.2 Å². The van der Waals surface area contributed by atoms with Crippen molar-refractivity contribution in [2.24, 2.45) is 16.8 Å². The number of aromatic nitrogens is 4. The number of aliphatic imine (C=N–C) groups is 1. The zero-order chi connectivity index (χ0) is 38.4. The molecule has 20 nitrogen and oxygen atoms in total. The summed E-state index contributed by atoms with van der Waals surface area (Å²) in [6.45, 7) is 3.38. The minimum atomic E-state index is -0.611. The lowest BCUT2D eigenvalue weighted by Gasteiger charge is -2.42. The number of hydrogen-bond donors (Lipinski definition) is 9. The van der Waals surface area contributed by atoms with E-state index in [0.29, 0.717) is 96.6 Å². The molecule has 1 atom stereocenters. The third-order valence-electron chi connectivity index (χ3n) is 11.3. The summed E-state index contributed by atoms with van der Waals surface area (Å²) < 4.78 is 0. The predicted molar refractivity (Wildman–Crippen MR) is 200 cm³/mol. The fourth-order valence-electron chi connectivity index (χ4n) is 8.03. The van der Waals surface area contributed by atoms with Gasteiger partial charge in [-0.1, -0.05) is 23.2 Å². The van der Waals surface area contributed by atoms with Crippen molar-refractivity contribution < 1.29 is 19.2 Å². The molecular weight excluding hydrogens is 743 g/mol. The number of piperidine rings is 2. The Hall–Kier alpha value is -4.79. The second-order valence-electron chi connectivity index (χ2n) is 14.7. The molecule has 4 aliphatic heterocycles. The molecule has 0 bridgehead atoms. The van der Waals surface area contributed by atoms with Gasteiger partial charge in [-0.25, -0.2) is 19.9 Å². The van der Waals surface area contributed by atoms with Crippen molar-refractivity contribution in [1.82, 2.24) is 56.3 Å². The molecule has 290 valence electrons. The largest absolute Gasteiger partial charge is 0.382 e. The van der Waals surface area contributed by atoms with E-state index < -0.39 is 18.1 Å². The molecule has 54 heavy (non-hydrogen) atoms. The highest BCUT2D eigenvalue weighted by Crippen LogP contribution is 2.35. The third-order valence-corrected chi connectivity index (χ3v) is 11.8. The van der Waals surface area contributed by atoms with Crippen LogP contribution >= 0.6 is 23.2 Å². The highest BCUT2D eigenvalue weighted by atomic mass is 35.5. The van der Waals surface area contributed by atoms with E-state index in [0.717, 1.165) is 0 Å². The Labute approximate surface area is 320 Å². The van der Waals surface area contributed by atoms with Crippen LogP contribution in [0, 0.1) is 11.8 Å². The van der Waals surface area contributed by atoms with Gasteiger partial charge in [0.15, 0.2) is 50.9 Å². The first-order valence-corrected chi connectivity index (χ1v) is 18.7. The number of nitrogens with two attached hydrogens (primary N) is 4. The zero-order valence-electron chi connectivity index (χ0n) is 29.5. The molecule has 1 saturated carbocycles. The Bertz CT molecular complexity index is 1830. The first kappa shape index (κ1) is 37.5. The highest BCUT2D eigenvalue weighted by Gasteiger charge is 2.45. The molecule has 5 aliphatic rings. The molecule has 2 spiro atoms. The maximum atomic E-state index is 13.6. The molecule has 1 unspecified atom stereocenters. The average Bonchev–Trinajstić information content (AvgIpc) is 3.73. The predicted octanol–water partition coefficient (Wildman–Crippen LogP) is -0.974. The number of carbonyl (C=O) groups is 4. The molecule has 2 aromatic rings. The summed E-state index contributed by atoms with van der Waals surface area (Å²) in [6, 6.07) is 0. The van der Waals surface area contributed by atoms with E-state index in [4.69, 9.17) is 46.1 Å². The van der Waals surface area contributed by atoms with Gasteiger partial charge in [0.05, 0.1) is 12.1 Å². The molecule has 3 saturated heterocycles. The summed E-state index contributed by atoms with van der Waals surface area (Å²) in [7, 11) is 0. The van der Waals surface area contributed by atoms with Crippen molar-refractivity contribution >= 4 is 76.1 Å². The van der Waals surface area contributed by atoms with Gasteiger partial charge in [0.25, 0.3) is 11.8 Å². The Morgan fingerprint density at radius 2 is 1.17 bits per heavy atom. The SMILES string of the molecule is Nc1nc(N)c(C(=O)NC2=NCC3(CCN(C(=O)C4CCC(C(=O)N5CCC6(CC5)CNC(NC(=O)c5nc(Cl)c(N)nc5N)N6)CC4)CC3)N2)nc1Cl. The van der Waals surface area contributed by atoms with Crippen LogP contribution in [0.25, 0.3) is 0 Å². The van der Waals surface area contributed by atoms with Gasteiger partial charge in [-0.15, -0.1) is 0 Å². The molecule has 1 aliphatic carbocycles. The number of rotatable bonds is 5. The highest BCUT2D eigenvalue weighted by molar-refractivity contribution is 6.32. The summed E-state index contributed by atoms with van der Waals surface area (Å²) in [6.07, 6.45) is 4.94. The monoisotopic (exact) mass is 786 g/mol. The van der Waals surface area contributed by atoms with Crippen molar-refractivity contribution in [2.45, 2.75) is 68.7 Å². The van der Waals surface area contributed by atoms with E-state index in [1.165, 1.54) is 0 Å². The summed E-state index contributed by atoms with van der Waals surface area (Å²) in [4.78, 5) is 76.6. The summed E-state index contributed by atoms with van der Waals surface area (Å²) >= 11 is 11.8. The van der Waals surface area contributed by atoms with Gasteiger partial charge in [0.1, 0.15) is 6.29 Å². The van der Waals surface area contributed by atoms with Gasteiger partial charge in [-0.05, 0) is 51.4 Å². The van der Waals surface area contributed by atoms with Gasteiger partial charge in [0.2, 0.25) is 11.8 Å². The zero-order valence-corrected chi connectivity index (χ0v) is 31.0. The fourth-order valence-corrected chi connectivity index (χ4v) is 8.28. The van der Waals surface area contributed by atoms with Crippen molar-refractivity contribution in [1.29, 1.82) is 0 Å². The van der Waals surface area contributed by atoms with E-state index in [1.54, 1.807) is 0 Å². The van der Waals surface area contributed by atoms with Crippen molar-refractivity contribution in [3.05, 3.63) is 21.7 Å². The molecule has 0 radical (unpaired) electrons. The maximum Gasteiger partial charge on any atom is 0.280 e. The molecule has 13 N–H and O–H groups in total. The lowest BCUT2D eigenvalue weighted by atomic mass is 9.79. The van der Waals surface area contributed by atoms with E-state index in [1.807, 2.05) is 9.80 Å². The number of hydrogen-bond acceptors (Lipinski definition) is 16. The van der Waals surface area contributed by atoms with E-state index >= 15 is 0 Å². The Morgan fingerprint density at radius 1 is 0.685 bits per heavy atom. The maximum absolute atomic E-state index is 13.6. The van der Waals surface area contributed by atoms with Crippen LogP contribution in [-0.4, -0.2) is 116 Å². The number of halogens is 2. The van der Waals surface area contributed by atoms with Crippen LogP contribution in [0.15, 0.2) is 4.99 Å². The van der Waals surface area contributed by atoms with Crippen LogP contribution in [0.2, 0.25) is 10.3 Å². The number of anilines is 4. The van der Waals surface area contributed by atoms with Crippen LogP contribution in [-0.2, 0) is 9.59 Å². The first-order valence-electron chi connectivity index (χ1n) is 17.9. The number of amides is 4. The van der Waals surface area contributed by atoms with Gasteiger partial charge in [0, 0.05) is 50.1 Å². The number of carbonyl (C=O) groups excluding carboxylic acids is 4. The minimum absolute atomic E-state index is 0.0534. The first-order chi connectivity index (χ1) is 25.7. The molecule has 6 heterocycles. The Morgan fingerprint density at radius 3 is 1.69 bits per heavy atom. The topological polar surface area (TPSA) is 303 Å². The lowest BCUT2D eigenvalue weighted by molar-refractivity contribution is -0.143. The standard InChI is InChI=1S/C32H44Cl2N16O4/c33-19-23(37)43-21(35)17(41-19)25(51)45-29-39-13-31(47-29)5-9-49(10-6-31)27(53)15-1-2-16(4-3-15)28(54)50-11-7-32(8-12-50)14-40-30(48-32)46-26(52)18-22(36)44-24(38)20(34)42-18/h15-16,29,39,47H,1-14H2,(H,45,51)(H4,35,37,43)(H4,36,38,44)(H2,40,46,48,52). The second kappa shape index (κ2) is 14.8. The number of likely N-dealkylation sites (tertiary alicyclic amines) is 2. The van der Waals surface area contributed by atoms with Crippen LogP contribution in [0.1, 0.15) is 72.3 Å². The average molecular weight is 788 g/mol. The van der Waals surface area contributed by atoms with Crippen molar-refractivity contribution in [2.75, 3.05) is 62.2 Å². The lowest BCUT2D eigenvalue weighted by Crippen LogP contribution is -2.58. The summed E-state index contributed by atoms with van der Waals surface area (Å²) in [5.41, 5.74) is 21.9. The molecule has 22 heteroatoms. The van der Waals surface area contributed by atoms with Crippen LogP contribution in [0.4, 0.5) is 23.3 Å².